The highest BCUT2D eigenvalue weighted by Gasteiger charge is 2.05. The van der Waals surface area contributed by atoms with E-state index in [9.17, 15) is 0 Å². The van der Waals surface area contributed by atoms with Gasteiger partial charge >= 0.3 is 0 Å². The van der Waals surface area contributed by atoms with Crippen LogP contribution in [0, 0.1) is 0 Å². The van der Waals surface area contributed by atoms with E-state index < -0.39 is 0 Å². The summed E-state index contributed by atoms with van der Waals surface area (Å²) >= 11 is 3.51. The molecule has 0 spiro atoms. The van der Waals surface area contributed by atoms with Gasteiger partial charge in [0, 0.05) is 30.3 Å². The first-order valence-corrected chi connectivity index (χ1v) is 5.04. The van der Waals surface area contributed by atoms with Crippen molar-refractivity contribution in [3.8, 4) is 0 Å². The van der Waals surface area contributed by atoms with Crippen molar-refractivity contribution in [1.29, 1.82) is 0 Å². The van der Waals surface area contributed by atoms with Gasteiger partial charge in [-0.1, -0.05) is 22.0 Å². The second-order valence-electron chi connectivity index (χ2n) is 3.39. The van der Waals surface area contributed by atoms with Crippen molar-refractivity contribution in [2.24, 2.45) is 5.73 Å². The van der Waals surface area contributed by atoms with Gasteiger partial charge in [-0.2, -0.15) is 0 Å². The summed E-state index contributed by atoms with van der Waals surface area (Å²) in [5.74, 6) is 0. The van der Waals surface area contributed by atoms with Crippen molar-refractivity contribution in [3.63, 3.8) is 0 Å². The maximum atomic E-state index is 5.80. The molecule has 0 heterocycles. The Morgan fingerprint density at radius 3 is 2.38 bits per heavy atom. The Morgan fingerprint density at radius 2 is 2.00 bits per heavy atom. The van der Waals surface area contributed by atoms with Crippen LogP contribution in [0.3, 0.4) is 0 Å². The number of anilines is 1. The predicted molar refractivity (Wildman–Crippen MR) is 61.1 cm³/mol. The van der Waals surface area contributed by atoms with Crippen LogP contribution in [0.5, 0.6) is 0 Å². The minimum atomic E-state index is 0.0746. The minimum Gasteiger partial charge on any atom is -0.378 e. The van der Waals surface area contributed by atoms with Crippen LogP contribution in [-0.4, -0.2) is 14.1 Å². The number of nitrogens with zero attached hydrogens (tertiary/aromatic N) is 1. The Labute approximate surface area is 87.9 Å². The summed E-state index contributed by atoms with van der Waals surface area (Å²) < 4.78 is 1.08. The highest BCUT2D eigenvalue weighted by molar-refractivity contribution is 9.10. The second kappa shape index (κ2) is 4.11. The Bertz CT molecular complexity index is 295. The Kier molecular flexibility index (Phi) is 3.33. The highest BCUT2D eigenvalue weighted by atomic mass is 79.9. The van der Waals surface area contributed by atoms with E-state index in [4.69, 9.17) is 5.73 Å². The van der Waals surface area contributed by atoms with Crippen molar-refractivity contribution in [3.05, 3.63) is 28.2 Å². The lowest BCUT2D eigenvalue weighted by Crippen LogP contribution is -2.10. The molecule has 0 unspecified atom stereocenters. The molecule has 0 saturated heterocycles. The molecular weight excluding hydrogens is 228 g/mol. The third kappa shape index (κ3) is 2.45. The SMILES string of the molecule is C[C@@H](N)c1ccc(N(C)C)cc1Br. The van der Waals surface area contributed by atoms with Gasteiger partial charge in [-0.15, -0.1) is 0 Å². The van der Waals surface area contributed by atoms with Gasteiger partial charge in [0.25, 0.3) is 0 Å². The Hall–Kier alpha value is -0.540. The fraction of sp³-hybridized carbons (Fsp3) is 0.400. The molecule has 0 saturated carbocycles. The molecule has 2 nitrogen and oxygen atoms in total. The van der Waals surface area contributed by atoms with Crippen LogP contribution in [0.15, 0.2) is 22.7 Å². The number of hydrogen-bond donors (Lipinski definition) is 1. The van der Waals surface area contributed by atoms with E-state index in [1.54, 1.807) is 0 Å². The van der Waals surface area contributed by atoms with E-state index in [2.05, 4.69) is 39.0 Å². The third-order valence-corrected chi connectivity index (χ3v) is 2.68. The molecule has 0 aliphatic rings. The summed E-state index contributed by atoms with van der Waals surface area (Å²) in [6, 6.07) is 6.29. The van der Waals surface area contributed by atoms with Crippen LogP contribution in [0.1, 0.15) is 18.5 Å². The van der Waals surface area contributed by atoms with Crippen LogP contribution < -0.4 is 10.6 Å². The van der Waals surface area contributed by atoms with Gasteiger partial charge in [0.2, 0.25) is 0 Å². The minimum absolute atomic E-state index is 0.0746. The number of benzene rings is 1. The summed E-state index contributed by atoms with van der Waals surface area (Å²) in [4.78, 5) is 2.07. The van der Waals surface area contributed by atoms with Crippen LogP contribution in [-0.2, 0) is 0 Å². The second-order valence-corrected chi connectivity index (χ2v) is 4.24. The van der Waals surface area contributed by atoms with Crippen LogP contribution >= 0.6 is 15.9 Å². The van der Waals surface area contributed by atoms with E-state index in [1.807, 2.05) is 21.0 Å². The maximum absolute atomic E-state index is 5.80. The molecule has 1 atom stereocenters. The quantitative estimate of drug-likeness (QED) is 0.864. The lowest BCUT2D eigenvalue weighted by atomic mass is 10.1. The average Bonchev–Trinajstić information content (AvgIpc) is 2.03. The molecule has 0 amide bonds. The zero-order valence-corrected chi connectivity index (χ0v) is 9.80. The van der Waals surface area contributed by atoms with Crippen molar-refractivity contribution in [1.82, 2.24) is 0 Å². The first-order chi connectivity index (χ1) is 6.02. The lowest BCUT2D eigenvalue weighted by molar-refractivity contribution is 0.813. The largest absolute Gasteiger partial charge is 0.378 e. The van der Waals surface area contributed by atoms with E-state index in [1.165, 1.54) is 5.69 Å². The zero-order chi connectivity index (χ0) is 10.0. The van der Waals surface area contributed by atoms with E-state index in [-0.39, 0.29) is 6.04 Å². The van der Waals surface area contributed by atoms with E-state index >= 15 is 0 Å². The molecule has 13 heavy (non-hydrogen) atoms. The molecule has 0 fully saturated rings. The molecule has 1 aromatic carbocycles. The van der Waals surface area contributed by atoms with Gasteiger partial charge in [0.1, 0.15) is 0 Å². The molecule has 1 aromatic rings. The maximum Gasteiger partial charge on any atom is 0.0372 e. The molecule has 2 N–H and O–H groups in total. The lowest BCUT2D eigenvalue weighted by Gasteiger charge is -2.15. The van der Waals surface area contributed by atoms with Crippen molar-refractivity contribution in [2.75, 3.05) is 19.0 Å². The monoisotopic (exact) mass is 242 g/mol. The van der Waals surface area contributed by atoms with Crippen LogP contribution in [0.4, 0.5) is 5.69 Å². The molecule has 0 aromatic heterocycles. The molecule has 0 bridgehead atoms. The first kappa shape index (κ1) is 10.5. The summed E-state index contributed by atoms with van der Waals surface area (Å²) in [5.41, 5.74) is 8.12. The van der Waals surface area contributed by atoms with E-state index in [0.717, 1.165) is 10.0 Å². The average molecular weight is 243 g/mol. The molecule has 0 aliphatic heterocycles. The normalized spacial score (nSPS) is 12.7. The van der Waals surface area contributed by atoms with Gasteiger partial charge in [-0.3, -0.25) is 0 Å². The fourth-order valence-corrected chi connectivity index (χ4v) is 1.89. The summed E-state index contributed by atoms with van der Waals surface area (Å²) in [6.07, 6.45) is 0. The van der Waals surface area contributed by atoms with Crippen LogP contribution in [0.25, 0.3) is 0 Å². The highest BCUT2D eigenvalue weighted by Crippen LogP contribution is 2.26. The van der Waals surface area contributed by atoms with Gasteiger partial charge in [-0.25, -0.2) is 0 Å². The topological polar surface area (TPSA) is 29.3 Å². The number of nitrogens with two attached hydrogens (primary N) is 1. The summed E-state index contributed by atoms with van der Waals surface area (Å²) in [7, 11) is 4.04. The third-order valence-electron chi connectivity index (χ3n) is 1.99. The molecule has 0 radical (unpaired) electrons. The zero-order valence-electron chi connectivity index (χ0n) is 8.21. The molecule has 3 heteroatoms. The van der Waals surface area contributed by atoms with Crippen LogP contribution in [0.2, 0.25) is 0 Å². The molecule has 72 valence electrons. The predicted octanol–water partition coefficient (Wildman–Crippen LogP) is 2.53. The molecular formula is C10H15BrN2. The van der Waals surface area contributed by atoms with Crippen molar-refractivity contribution >= 4 is 21.6 Å². The standard InChI is InChI=1S/C10H15BrN2/c1-7(12)9-5-4-8(13(2)3)6-10(9)11/h4-7H,12H2,1-3H3/t7-/m1/s1. The number of halogens is 1. The molecule has 1 rings (SSSR count). The smallest absolute Gasteiger partial charge is 0.0372 e. The van der Waals surface area contributed by atoms with Gasteiger partial charge in [0.05, 0.1) is 0 Å². The number of rotatable bonds is 2. The summed E-state index contributed by atoms with van der Waals surface area (Å²) in [5, 5.41) is 0. The summed E-state index contributed by atoms with van der Waals surface area (Å²) in [6.45, 7) is 1.98. The Morgan fingerprint density at radius 1 is 1.38 bits per heavy atom. The first-order valence-electron chi connectivity index (χ1n) is 4.24. The van der Waals surface area contributed by atoms with Crippen molar-refractivity contribution in [2.45, 2.75) is 13.0 Å². The fourth-order valence-electron chi connectivity index (χ4n) is 1.16. The number of hydrogen-bond acceptors (Lipinski definition) is 2. The van der Waals surface area contributed by atoms with Gasteiger partial charge in [-0.05, 0) is 24.6 Å². The van der Waals surface area contributed by atoms with Gasteiger partial charge in [0.15, 0.2) is 0 Å². The van der Waals surface area contributed by atoms with Crippen molar-refractivity contribution < 1.29 is 0 Å². The molecule has 0 aliphatic carbocycles. The Balaban J connectivity index is 3.06. The van der Waals surface area contributed by atoms with Gasteiger partial charge < -0.3 is 10.6 Å². The van der Waals surface area contributed by atoms with E-state index in [0.29, 0.717) is 0 Å².